The molecule has 0 saturated heterocycles. The van der Waals surface area contributed by atoms with Crippen LogP contribution in [0, 0.1) is 0 Å². The van der Waals surface area contributed by atoms with Gasteiger partial charge in [-0.3, -0.25) is 4.98 Å². The van der Waals surface area contributed by atoms with Crippen molar-refractivity contribution in [1.82, 2.24) is 10.3 Å². The van der Waals surface area contributed by atoms with E-state index in [1.165, 1.54) is 0 Å². The lowest BCUT2D eigenvalue weighted by Gasteiger charge is -2.13. The van der Waals surface area contributed by atoms with E-state index in [1.807, 2.05) is 19.1 Å². The average molecular weight is 206 g/mol. The van der Waals surface area contributed by atoms with Crippen LogP contribution in [0.5, 0.6) is 0 Å². The minimum atomic E-state index is -0.968. The molecule has 0 unspecified atom stereocenters. The SMILES string of the molecule is C=C(CN[C@@H](C)c1ccncc1)C(=O)O. The van der Waals surface area contributed by atoms with Crippen LogP contribution in [0.3, 0.4) is 0 Å². The highest BCUT2D eigenvalue weighted by Crippen LogP contribution is 2.09. The summed E-state index contributed by atoms with van der Waals surface area (Å²) < 4.78 is 0. The highest BCUT2D eigenvalue weighted by molar-refractivity contribution is 5.86. The van der Waals surface area contributed by atoms with Crippen LogP contribution in [0.15, 0.2) is 36.7 Å². The number of nitrogens with zero attached hydrogens (tertiary/aromatic N) is 1. The maximum absolute atomic E-state index is 10.5. The smallest absolute Gasteiger partial charge is 0.332 e. The minimum Gasteiger partial charge on any atom is -0.478 e. The molecule has 0 fully saturated rings. The molecule has 4 heteroatoms. The van der Waals surface area contributed by atoms with Crippen molar-refractivity contribution in [3.05, 3.63) is 42.2 Å². The van der Waals surface area contributed by atoms with Crippen LogP contribution < -0.4 is 5.32 Å². The lowest BCUT2D eigenvalue weighted by Crippen LogP contribution is -2.23. The summed E-state index contributed by atoms with van der Waals surface area (Å²) in [5, 5.41) is 11.7. The Labute approximate surface area is 88.7 Å². The van der Waals surface area contributed by atoms with E-state index in [0.29, 0.717) is 0 Å². The minimum absolute atomic E-state index is 0.0871. The molecule has 0 aliphatic heterocycles. The molecule has 0 saturated carbocycles. The van der Waals surface area contributed by atoms with E-state index in [1.54, 1.807) is 12.4 Å². The van der Waals surface area contributed by atoms with E-state index in [4.69, 9.17) is 5.11 Å². The molecule has 1 heterocycles. The Balaban J connectivity index is 2.47. The highest BCUT2D eigenvalue weighted by atomic mass is 16.4. The third-order valence-electron chi connectivity index (χ3n) is 2.13. The second-order valence-corrected chi connectivity index (χ2v) is 3.29. The molecule has 1 aromatic rings. The number of hydrogen-bond donors (Lipinski definition) is 2. The topological polar surface area (TPSA) is 62.2 Å². The number of hydrogen-bond acceptors (Lipinski definition) is 3. The zero-order chi connectivity index (χ0) is 11.3. The molecule has 0 aliphatic rings. The normalized spacial score (nSPS) is 12.1. The lowest BCUT2D eigenvalue weighted by molar-refractivity contribution is -0.132. The zero-order valence-corrected chi connectivity index (χ0v) is 8.60. The van der Waals surface area contributed by atoms with Gasteiger partial charge in [0, 0.05) is 30.6 Å². The molecule has 0 aromatic carbocycles. The largest absolute Gasteiger partial charge is 0.478 e. The molecule has 0 bridgehead atoms. The fourth-order valence-electron chi connectivity index (χ4n) is 1.12. The maximum atomic E-state index is 10.5. The number of carboxylic acid groups (broad SMARTS) is 1. The van der Waals surface area contributed by atoms with Crippen molar-refractivity contribution in [3.63, 3.8) is 0 Å². The molecule has 80 valence electrons. The number of pyridine rings is 1. The van der Waals surface area contributed by atoms with E-state index >= 15 is 0 Å². The third kappa shape index (κ3) is 3.52. The molecule has 0 aliphatic carbocycles. The predicted octanol–water partition coefficient (Wildman–Crippen LogP) is 1.37. The van der Waals surface area contributed by atoms with Gasteiger partial charge in [-0.15, -0.1) is 0 Å². The Hall–Kier alpha value is -1.68. The molecule has 4 nitrogen and oxygen atoms in total. The summed E-state index contributed by atoms with van der Waals surface area (Å²) in [5.74, 6) is -0.968. The van der Waals surface area contributed by atoms with Gasteiger partial charge in [-0.1, -0.05) is 6.58 Å². The first-order valence-electron chi connectivity index (χ1n) is 4.65. The van der Waals surface area contributed by atoms with Crippen LogP contribution in [0.4, 0.5) is 0 Å². The molecular formula is C11H14N2O2. The number of carboxylic acids is 1. The fraction of sp³-hybridized carbons (Fsp3) is 0.273. The van der Waals surface area contributed by atoms with Gasteiger partial charge in [0.25, 0.3) is 0 Å². The Kier molecular flexibility index (Phi) is 4.00. The summed E-state index contributed by atoms with van der Waals surface area (Å²) in [6.07, 6.45) is 3.42. The second-order valence-electron chi connectivity index (χ2n) is 3.29. The van der Waals surface area contributed by atoms with Crippen molar-refractivity contribution in [1.29, 1.82) is 0 Å². The summed E-state index contributed by atoms with van der Waals surface area (Å²) in [6, 6.07) is 3.87. The number of aromatic nitrogens is 1. The van der Waals surface area contributed by atoms with Gasteiger partial charge in [0.05, 0.1) is 0 Å². The van der Waals surface area contributed by atoms with Gasteiger partial charge in [0.2, 0.25) is 0 Å². The van der Waals surface area contributed by atoms with Crippen LogP contribution in [-0.2, 0) is 4.79 Å². The zero-order valence-electron chi connectivity index (χ0n) is 8.60. The third-order valence-corrected chi connectivity index (χ3v) is 2.13. The molecule has 0 amide bonds. The van der Waals surface area contributed by atoms with E-state index in [-0.39, 0.29) is 18.2 Å². The summed E-state index contributed by atoms with van der Waals surface area (Å²) in [6.45, 7) is 5.68. The Bertz CT molecular complexity index is 349. The van der Waals surface area contributed by atoms with Crippen LogP contribution in [0.25, 0.3) is 0 Å². The standard InChI is InChI=1S/C11H14N2O2/c1-8(11(14)15)7-13-9(2)10-3-5-12-6-4-10/h3-6,9,13H,1,7H2,2H3,(H,14,15)/t9-/m0/s1. The van der Waals surface area contributed by atoms with Gasteiger partial charge in [0.15, 0.2) is 0 Å². The van der Waals surface area contributed by atoms with Crippen molar-refractivity contribution >= 4 is 5.97 Å². The Morgan fingerprint density at radius 1 is 1.60 bits per heavy atom. The fourth-order valence-corrected chi connectivity index (χ4v) is 1.12. The first kappa shape index (κ1) is 11.4. The predicted molar refractivity (Wildman–Crippen MR) is 57.4 cm³/mol. The quantitative estimate of drug-likeness (QED) is 0.714. The van der Waals surface area contributed by atoms with E-state index in [9.17, 15) is 4.79 Å². The number of carbonyl (C=O) groups is 1. The molecule has 15 heavy (non-hydrogen) atoms. The lowest BCUT2D eigenvalue weighted by atomic mass is 10.1. The van der Waals surface area contributed by atoms with Gasteiger partial charge in [-0.2, -0.15) is 0 Å². The van der Waals surface area contributed by atoms with E-state index < -0.39 is 5.97 Å². The van der Waals surface area contributed by atoms with Crippen LogP contribution in [-0.4, -0.2) is 22.6 Å². The van der Waals surface area contributed by atoms with E-state index in [2.05, 4.69) is 16.9 Å². The van der Waals surface area contributed by atoms with Crippen molar-refractivity contribution < 1.29 is 9.90 Å². The average Bonchev–Trinajstić information content (AvgIpc) is 2.26. The molecule has 2 N–H and O–H groups in total. The number of rotatable bonds is 5. The summed E-state index contributed by atoms with van der Waals surface area (Å²) in [4.78, 5) is 14.4. The van der Waals surface area contributed by atoms with Crippen molar-refractivity contribution in [3.8, 4) is 0 Å². The van der Waals surface area contributed by atoms with Crippen molar-refractivity contribution in [2.24, 2.45) is 0 Å². The summed E-state index contributed by atoms with van der Waals surface area (Å²) in [7, 11) is 0. The van der Waals surface area contributed by atoms with E-state index in [0.717, 1.165) is 5.56 Å². The molecular weight excluding hydrogens is 192 g/mol. The molecule has 0 spiro atoms. The van der Waals surface area contributed by atoms with Crippen LogP contribution in [0.1, 0.15) is 18.5 Å². The number of aliphatic carboxylic acids is 1. The van der Waals surface area contributed by atoms with Crippen LogP contribution in [0.2, 0.25) is 0 Å². The first-order valence-corrected chi connectivity index (χ1v) is 4.65. The first-order chi connectivity index (χ1) is 7.11. The van der Waals surface area contributed by atoms with Gasteiger partial charge in [-0.25, -0.2) is 4.79 Å². The Morgan fingerprint density at radius 3 is 2.73 bits per heavy atom. The van der Waals surface area contributed by atoms with Gasteiger partial charge in [-0.05, 0) is 24.6 Å². The number of nitrogens with one attached hydrogen (secondary N) is 1. The van der Waals surface area contributed by atoms with Crippen LogP contribution >= 0.6 is 0 Å². The van der Waals surface area contributed by atoms with Gasteiger partial charge < -0.3 is 10.4 Å². The molecule has 1 atom stereocenters. The van der Waals surface area contributed by atoms with Crippen molar-refractivity contribution in [2.75, 3.05) is 6.54 Å². The van der Waals surface area contributed by atoms with Gasteiger partial charge >= 0.3 is 5.97 Å². The monoisotopic (exact) mass is 206 g/mol. The van der Waals surface area contributed by atoms with Crippen molar-refractivity contribution in [2.45, 2.75) is 13.0 Å². The maximum Gasteiger partial charge on any atom is 0.332 e. The summed E-state index contributed by atoms with van der Waals surface area (Å²) >= 11 is 0. The van der Waals surface area contributed by atoms with Gasteiger partial charge in [0.1, 0.15) is 0 Å². The molecule has 0 radical (unpaired) electrons. The highest BCUT2D eigenvalue weighted by Gasteiger charge is 2.07. The molecule has 1 rings (SSSR count). The Morgan fingerprint density at radius 2 is 2.20 bits per heavy atom. The molecule has 1 aromatic heterocycles. The summed E-state index contributed by atoms with van der Waals surface area (Å²) in [5.41, 5.74) is 1.24. The second kappa shape index (κ2) is 5.26.